The number of carbonyl (C=O) groups excluding carboxylic acids is 3. The van der Waals surface area contributed by atoms with Crippen LogP contribution in [0.2, 0.25) is 0 Å². The van der Waals surface area contributed by atoms with Gasteiger partial charge in [0.1, 0.15) is 0 Å². The number of amides is 3. The fourth-order valence-corrected chi connectivity index (χ4v) is 2.75. The molecule has 124 valence electrons. The fraction of sp³-hybridized carbons (Fsp3) is 0.471. The third-order valence-electron chi connectivity index (χ3n) is 4.05. The Labute approximate surface area is 136 Å². The van der Waals surface area contributed by atoms with Crippen molar-refractivity contribution >= 4 is 17.7 Å². The van der Waals surface area contributed by atoms with Gasteiger partial charge in [0.15, 0.2) is 0 Å². The van der Waals surface area contributed by atoms with Crippen molar-refractivity contribution in [3.05, 3.63) is 35.4 Å². The van der Waals surface area contributed by atoms with Gasteiger partial charge < -0.3 is 4.90 Å². The quantitative estimate of drug-likeness (QED) is 0.826. The summed E-state index contributed by atoms with van der Waals surface area (Å²) in [7, 11) is 0. The third-order valence-corrected chi connectivity index (χ3v) is 4.05. The van der Waals surface area contributed by atoms with Crippen LogP contribution < -0.4 is 10.9 Å². The van der Waals surface area contributed by atoms with Crippen LogP contribution in [0.3, 0.4) is 0 Å². The molecule has 0 aromatic heterocycles. The molecule has 1 atom stereocenters. The predicted molar refractivity (Wildman–Crippen MR) is 86.0 cm³/mol. The Morgan fingerprint density at radius 1 is 1.22 bits per heavy atom. The Morgan fingerprint density at radius 3 is 2.57 bits per heavy atom. The Bertz CT molecular complexity index is 613. The van der Waals surface area contributed by atoms with E-state index in [0.717, 1.165) is 17.5 Å². The number of rotatable bonds is 3. The van der Waals surface area contributed by atoms with Crippen LogP contribution in [0.25, 0.3) is 0 Å². The van der Waals surface area contributed by atoms with Gasteiger partial charge in [0.25, 0.3) is 0 Å². The van der Waals surface area contributed by atoms with Crippen LogP contribution in [0.15, 0.2) is 24.3 Å². The Morgan fingerprint density at radius 2 is 1.91 bits per heavy atom. The van der Waals surface area contributed by atoms with E-state index in [1.54, 1.807) is 18.7 Å². The zero-order valence-electron chi connectivity index (χ0n) is 13.8. The van der Waals surface area contributed by atoms with E-state index in [1.165, 1.54) is 6.92 Å². The molecule has 0 radical (unpaired) electrons. The summed E-state index contributed by atoms with van der Waals surface area (Å²) in [5.41, 5.74) is 6.98. The second-order valence-electron chi connectivity index (χ2n) is 6.07. The van der Waals surface area contributed by atoms with Gasteiger partial charge in [-0.1, -0.05) is 38.1 Å². The van der Waals surface area contributed by atoms with Crippen LogP contribution in [-0.4, -0.2) is 29.2 Å². The van der Waals surface area contributed by atoms with Gasteiger partial charge in [0, 0.05) is 19.4 Å². The Balaban J connectivity index is 2.10. The standard InChI is InChI=1S/C17H23N3O3/c1-11(2)17(23)19-18-16(22)10-15-14-7-5-4-6-13(14)8-9-20(15)12(3)21/h4-7,11,15H,8-10H2,1-3H3,(H,18,22)(H,19,23). The molecule has 3 amide bonds. The van der Waals surface area contributed by atoms with Crippen LogP contribution >= 0.6 is 0 Å². The van der Waals surface area contributed by atoms with Gasteiger partial charge in [0.2, 0.25) is 17.7 Å². The third kappa shape index (κ3) is 4.09. The van der Waals surface area contributed by atoms with E-state index < -0.39 is 0 Å². The lowest BCUT2D eigenvalue weighted by Crippen LogP contribution is -2.46. The summed E-state index contributed by atoms with van der Waals surface area (Å²) in [5.74, 6) is -0.819. The number of hydrazine groups is 1. The highest BCUT2D eigenvalue weighted by Crippen LogP contribution is 2.32. The van der Waals surface area contributed by atoms with E-state index in [0.29, 0.717) is 6.54 Å². The molecular weight excluding hydrogens is 294 g/mol. The smallest absolute Gasteiger partial charge is 0.240 e. The van der Waals surface area contributed by atoms with Gasteiger partial charge >= 0.3 is 0 Å². The molecule has 0 fully saturated rings. The van der Waals surface area contributed by atoms with Gasteiger partial charge in [0.05, 0.1) is 12.5 Å². The molecule has 6 heteroatoms. The molecule has 1 aromatic carbocycles. The minimum absolute atomic E-state index is 0.0523. The zero-order valence-corrected chi connectivity index (χ0v) is 13.8. The maximum Gasteiger partial charge on any atom is 0.240 e. The maximum atomic E-state index is 12.2. The highest BCUT2D eigenvalue weighted by atomic mass is 16.2. The first-order valence-corrected chi connectivity index (χ1v) is 7.84. The highest BCUT2D eigenvalue weighted by molar-refractivity contribution is 5.84. The average molecular weight is 317 g/mol. The van der Waals surface area contributed by atoms with Crippen LogP contribution in [0.4, 0.5) is 0 Å². The molecular formula is C17H23N3O3. The van der Waals surface area contributed by atoms with Crippen molar-refractivity contribution in [2.75, 3.05) is 6.54 Å². The average Bonchev–Trinajstić information content (AvgIpc) is 2.52. The molecule has 0 bridgehead atoms. The molecule has 1 aliphatic heterocycles. The number of benzene rings is 1. The summed E-state index contributed by atoms with van der Waals surface area (Å²) in [6.45, 7) is 5.61. The maximum absolute atomic E-state index is 12.2. The topological polar surface area (TPSA) is 78.5 Å². The predicted octanol–water partition coefficient (Wildman–Crippen LogP) is 1.33. The monoisotopic (exact) mass is 317 g/mol. The van der Waals surface area contributed by atoms with E-state index in [2.05, 4.69) is 10.9 Å². The molecule has 0 spiro atoms. The first kappa shape index (κ1) is 17.0. The van der Waals surface area contributed by atoms with Crippen molar-refractivity contribution in [1.29, 1.82) is 0 Å². The van der Waals surface area contributed by atoms with E-state index in [1.807, 2.05) is 24.3 Å². The summed E-state index contributed by atoms with van der Waals surface area (Å²) < 4.78 is 0. The molecule has 1 aromatic rings. The molecule has 0 saturated carbocycles. The first-order chi connectivity index (χ1) is 10.9. The van der Waals surface area contributed by atoms with E-state index in [9.17, 15) is 14.4 Å². The molecule has 2 rings (SSSR count). The van der Waals surface area contributed by atoms with Gasteiger partial charge in [-0.15, -0.1) is 0 Å². The van der Waals surface area contributed by atoms with Crippen molar-refractivity contribution < 1.29 is 14.4 Å². The lowest BCUT2D eigenvalue weighted by Gasteiger charge is -2.36. The molecule has 0 saturated heterocycles. The number of nitrogens with one attached hydrogen (secondary N) is 2. The molecule has 6 nitrogen and oxygen atoms in total. The normalized spacial score (nSPS) is 16.7. The number of fused-ring (bicyclic) bond motifs is 1. The van der Waals surface area contributed by atoms with Gasteiger partial charge in [-0.05, 0) is 17.5 Å². The second kappa shape index (κ2) is 7.26. The summed E-state index contributed by atoms with van der Waals surface area (Å²) in [6, 6.07) is 7.55. The minimum atomic E-state index is -0.313. The number of hydrogen-bond donors (Lipinski definition) is 2. The molecule has 23 heavy (non-hydrogen) atoms. The first-order valence-electron chi connectivity index (χ1n) is 7.84. The molecule has 2 N–H and O–H groups in total. The Hall–Kier alpha value is -2.37. The lowest BCUT2D eigenvalue weighted by molar-refractivity contribution is -0.135. The van der Waals surface area contributed by atoms with E-state index >= 15 is 0 Å². The van der Waals surface area contributed by atoms with Crippen molar-refractivity contribution in [2.45, 2.75) is 39.7 Å². The number of carbonyl (C=O) groups is 3. The van der Waals surface area contributed by atoms with Crippen molar-refractivity contribution in [2.24, 2.45) is 5.92 Å². The van der Waals surface area contributed by atoms with E-state index in [-0.39, 0.29) is 36.1 Å². The largest absolute Gasteiger partial charge is 0.335 e. The fourth-order valence-electron chi connectivity index (χ4n) is 2.75. The van der Waals surface area contributed by atoms with Crippen molar-refractivity contribution in [3.63, 3.8) is 0 Å². The van der Waals surface area contributed by atoms with Crippen LogP contribution in [-0.2, 0) is 20.8 Å². The van der Waals surface area contributed by atoms with Crippen molar-refractivity contribution in [1.82, 2.24) is 15.8 Å². The SMILES string of the molecule is CC(=O)N1CCc2ccccc2C1CC(=O)NNC(=O)C(C)C. The van der Waals surface area contributed by atoms with Gasteiger partial charge in [-0.25, -0.2) is 0 Å². The molecule has 1 aliphatic rings. The zero-order chi connectivity index (χ0) is 17.0. The van der Waals surface area contributed by atoms with Crippen molar-refractivity contribution in [3.8, 4) is 0 Å². The molecule has 1 unspecified atom stereocenters. The Kier molecular flexibility index (Phi) is 5.36. The number of hydrogen-bond acceptors (Lipinski definition) is 3. The summed E-state index contributed by atoms with van der Waals surface area (Å²) >= 11 is 0. The summed E-state index contributed by atoms with van der Waals surface area (Å²) in [5, 5.41) is 0. The molecule has 1 heterocycles. The van der Waals surface area contributed by atoms with Gasteiger partial charge in [-0.3, -0.25) is 25.2 Å². The minimum Gasteiger partial charge on any atom is -0.335 e. The second-order valence-corrected chi connectivity index (χ2v) is 6.07. The summed E-state index contributed by atoms with van der Waals surface area (Å²) in [6.07, 6.45) is 0.910. The van der Waals surface area contributed by atoms with E-state index in [4.69, 9.17) is 0 Å². The summed E-state index contributed by atoms with van der Waals surface area (Å²) in [4.78, 5) is 37.3. The lowest BCUT2D eigenvalue weighted by atomic mass is 9.90. The van der Waals surface area contributed by atoms with Crippen LogP contribution in [0.5, 0.6) is 0 Å². The van der Waals surface area contributed by atoms with Crippen LogP contribution in [0.1, 0.15) is 44.4 Å². The van der Waals surface area contributed by atoms with Crippen LogP contribution in [0, 0.1) is 5.92 Å². The molecule has 0 aliphatic carbocycles. The van der Waals surface area contributed by atoms with Gasteiger partial charge in [-0.2, -0.15) is 0 Å². The number of nitrogens with zero attached hydrogens (tertiary/aromatic N) is 1. The highest BCUT2D eigenvalue weighted by Gasteiger charge is 2.30.